The Morgan fingerprint density at radius 2 is 1.10 bits per heavy atom. The van der Waals surface area contributed by atoms with Crippen molar-refractivity contribution < 1.29 is 38.3 Å². The van der Waals surface area contributed by atoms with Crippen LogP contribution in [0.25, 0.3) is 0 Å². The maximum atomic E-state index is 12.1. The Morgan fingerprint density at radius 3 is 1.69 bits per heavy atom. The second-order valence-corrected chi connectivity index (χ2v) is 21.2. The van der Waals surface area contributed by atoms with Gasteiger partial charge in [0, 0.05) is 52.8 Å². The second kappa shape index (κ2) is 33.4. The summed E-state index contributed by atoms with van der Waals surface area (Å²) in [7, 11) is -0.888. The third kappa shape index (κ3) is 33.3. The van der Waals surface area contributed by atoms with Crippen molar-refractivity contribution in [3.8, 4) is 0 Å². The van der Waals surface area contributed by atoms with Crippen LogP contribution in [0.15, 0.2) is 0 Å². The van der Waals surface area contributed by atoms with E-state index >= 15 is 0 Å². The summed E-state index contributed by atoms with van der Waals surface area (Å²) in [6.45, 7) is 0. The molecule has 0 aliphatic carbocycles. The number of aliphatic hydroxyl groups is 2. The third-order valence-electron chi connectivity index (χ3n) is 3.26. The normalized spacial score (nSPS) is 11.8. The van der Waals surface area contributed by atoms with Crippen LogP contribution in [0.3, 0.4) is 0 Å². The number of hydrogen-bond acceptors (Lipinski definition) is 19. The molecule has 0 saturated carbocycles. The molecule has 1 unspecified atom stereocenters. The number of carbonyl (C=O) groups excluding carboxylic acids is 3. The molecule has 39 heavy (non-hydrogen) atoms. The van der Waals surface area contributed by atoms with Crippen molar-refractivity contribution in [3.63, 3.8) is 0 Å². The minimum atomic E-state index is -0.888. The maximum absolute atomic E-state index is 12.1. The van der Waals surface area contributed by atoms with E-state index in [1.807, 2.05) is 0 Å². The van der Waals surface area contributed by atoms with Gasteiger partial charge in [-0.15, -0.1) is 106 Å². The molecule has 0 aromatic heterocycles. The minimum Gasteiger partial charge on any atom is -0.454 e. The van der Waals surface area contributed by atoms with Gasteiger partial charge in [0.25, 0.3) is 0 Å². The number of aliphatic hydroxyl groups excluding tert-OH is 2. The van der Waals surface area contributed by atoms with E-state index in [1.165, 1.54) is 94.1 Å². The Hall–Kier alpha value is 2.53. The van der Waals surface area contributed by atoms with Crippen LogP contribution < -0.4 is 0 Å². The number of ether oxygens (including phenoxy) is 2. The van der Waals surface area contributed by atoms with Crippen molar-refractivity contribution in [2.24, 2.45) is 0 Å². The van der Waals surface area contributed by atoms with Crippen LogP contribution in [0.5, 0.6) is 0 Å². The van der Waals surface area contributed by atoms with Gasteiger partial charge in [0.15, 0.2) is 5.12 Å². The number of carbonyl (C=O) groups is 3. The smallest absolute Gasteiger partial charge is 0.316 e. The fourth-order valence-corrected chi connectivity index (χ4v) is 13.4. The first-order valence-corrected chi connectivity index (χ1v) is 24.8. The van der Waals surface area contributed by atoms with Crippen LogP contribution in [0, 0.1) is 0 Å². The molecule has 20 heteroatoms. The van der Waals surface area contributed by atoms with E-state index in [-0.39, 0.29) is 40.6 Å². The van der Waals surface area contributed by atoms with Gasteiger partial charge in [0.05, 0.1) is 34.2 Å². The van der Waals surface area contributed by atoms with Crippen molar-refractivity contribution in [3.05, 3.63) is 0 Å². The Labute approximate surface area is 280 Å². The highest BCUT2D eigenvalue weighted by molar-refractivity contribution is 8.29. The van der Waals surface area contributed by atoms with Crippen LogP contribution in [0.2, 0.25) is 0 Å². The molecule has 0 aliphatic rings. The van der Waals surface area contributed by atoms with Crippen LogP contribution in [-0.2, 0) is 34.7 Å². The first kappa shape index (κ1) is 41.5. The molecular weight excluding hydrogens is 741 g/mol. The van der Waals surface area contributed by atoms with E-state index in [4.69, 9.17) is 19.7 Å². The van der Waals surface area contributed by atoms with Gasteiger partial charge in [0.2, 0.25) is 0 Å². The lowest BCUT2D eigenvalue weighted by Crippen LogP contribution is -2.07. The molecule has 0 radical (unpaired) electrons. The molecule has 2 N–H and O–H groups in total. The quantitative estimate of drug-likeness (QED) is 0.0605. The average Bonchev–Trinajstić information content (AvgIpc) is 2.92. The van der Waals surface area contributed by atoms with Gasteiger partial charge in [-0.25, -0.2) is 0 Å². The van der Waals surface area contributed by atoms with Crippen molar-refractivity contribution in [1.82, 2.24) is 0 Å². The third-order valence-corrected chi connectivity index (χ3v) is 17.1. The van der Waals surface area contributed by atoms with Crippen molar-refractivity contribution in [2.75, 3.05) is 88.1 Å². The SMILES string of the molecule is O=C(CSCSCCS(=O)CSCSCSC(=O)CSCSCC(=O)OCSCSCO)OCSCSCO. The van der Waals surface area contributed by atoms with Gasteiger partial charge in [-0.1, -0.05) is 11.8 Å². The highest BCUT2D eigenvalue weighted by Gasteiger charge is 2.07. The second-order valence-electron chi connectivity index (χ2n) is 6.19. The van der Waals surface area contributed by atoms with Crippen LogP contribution >= 0.6 is 129 Å². The first-order chi connectivity index (χ1) is 19.0. The molecule has 0 aromatic carbocycles. The van der Waals surface area contributed by atoms with Gasteiger partial charge in [-0.05, 0) is 0 Å². The molecule has 0 heterocycles. The number of thioether (sulfide) groups is 11. The summed E-state index contributed by atoms with van der Waals surface area (Å²) in [5.74, 6) is 2.56. The molecule has 0 aromatic rings. The van der Waals surface area contributed by atoms with Gasteiger partial charge in [-0.2, -0.15) is 11.8 Å². The predicted octanol–water partition coefficient (Wildman–Crippen LogP) is 4.93. The van der Waals surface area contributed by atoms with Crippen molar-refractivity contribution in [1.29, 1.82) is 0 Å². The molecule has 0 rings (SSSR count). The molecule has 0 aliphatic heterocycles. The fourth-order valence-electron chi connectivity index (χ4n) is 1.69. The average molecular weight is 775 g/mol. The summed E-state index contributed by atoms with van der Waals surface area (Å²) < 4.78 is 22.2. The zero-order chi connectivity index (χ0) is 28.8. The van der Waals surface area contributed by atoms with Gasteiger partial charge in [-0.3, -0.25) is 18.6 Å². The van der Waals surface area contributed by atoms with Gasteiger partial charge in [0.1, 0.15) is 11.9 Å². The number of esters is 2. The molecule has 0 bridgehead atoms. The first-order valence-electron chi connectivity index (χ1n) is 10.8. The lowest BCUT2D eigenvalue weighted by atomic mass is 10.8. The van der Waals surface area contributed by atoms with Gasteiger partial charge < -0.3 is 19.7 Å². The van der Waals surface area contributed by atoms with Crippen LogP contribution in [-0.4, -0.2) is 120 Å². The van der Waals surface area contributed by atoms with Crippen molar-refractivity contribution >= 4 is 157 Å². The zero-order valence-corrected chi connectivity index (χ0v) is 30.9. The largest absolute Gasteiger partial charge is 0.454 e. The maximum Gasteiger partial charge on any atom is 0.316 e. The lowest BCUT2D eigenvalue weighted by molar-refractivity contribution is -0.139. The molecule has 8 nitrogen and oxygen atoms in total. The molecular formula is C19H34O8S12. The van der Waals surface area contributed by atoms with E-state index in [9.17, 15) is 18.6 Å². The molecule has 230 valence electrons. The van der Waals surface area contributed by atoms with Crippen LogP contribution in [0.4, 0.5) is 0 Å². The lowest BCUT2D eigenvalue weighted by Gasteiger charge is -2.05. The molecule has 0 amide bonds. The summed E-state index contributed by atoms with van der Waals surface area (Å²) in [5.41, 5.74) is 0. The Morgan fingerprint density at radius 1 is 0.590 bits per heavy atom. The summed E-state index contributed by atoms with van der Waals surface area (Å²) >= 11 is 16.2. The molecule has 0 saturated heterocycles. The number of rotatable bonds is 29. The summed E-state index contributed by atoms with van der Waals surface area (Å²) in [6, 6.07) is 0. The monoisotopic (exact) mass is 774 g/mol. The predicted molar refractivity (Wildman–Crippen MR) is 191 cm³/mol. The van der Waals surface area contributed by atoms with E-state index in [0.29, 0.717) is 48.6 Å². The highest BCUT2D eigenvalue weighted by Crippen LogP contribution is 2.22. The standard InChI is InChI=1S/C19H34O8S12/c20-6-32-12-34-8-26-17(22)3-29-10-28-1-2-39(25)16-37-14-36-15-38-19(24)5-31-11-30-4-18(23)27-9-35-13-33-7-21/h20-21H,1-16H2. The Balaban J connectivity index is 3.42. The van der Waals surface area contributed by atoms with Gasteiger partial charge >= 0.3 is 11.9 Å². The van der Waals surface area contributed by atoms with E-state index in [1.54, 1.807) is 35.3 Å². The molecule has 1 atom stereocenters. The summed E-state index contributed by atoms with van der Waals surface area (Å²) in [5, 5.41) is 22.2. The van der Waals surface area contributed by atoms with Crippen LogP contribution in [0.1, 0.15) is 0 Å². The van der Waals surface area contributed by atoms with E-state index in [0.717, 1.165) is 15.9 Å². The Bertz CT molecular complexity index is 650. The summed E-state index contributed by atoms with van der Waals surface area (Å²) in [6.07, 6.45) is 0. The minimum absolute atomic E-state index is 0.0587. The fraction of sp³-hybridized carbons (Fsp3) is 0.842. The molecule has 0 fully saturated rings. The summed E-state index contributed by atoms with van der Waals surface area (Å²) in [4.78, 5) is 35.1. The van der Waals surface area contributed by atoms with Crippen molar-refractivity contribution in [2.45, 2.75) is 0 Å². The topological polar surface area (TPSA) is 127 Å². The van der Waals surface area contributed by atoms with E-state index in [2.05, 4.69) is 0 Å². The number of hydrogen-bond donors (Lipinski definition) is 2. The Kier molecular flexibility index (Phi) is 35.6. The van der Waals surface area contributed by atoms with E-state index < -0.39 is 10.8 Å². The molecule has 0 spiro atoms. The highest BCUT2D eigenvalue weighted by atomic mass is 32.3. The zero-order valence-electron chi connectivity index (χ0n) is 21.1.